The molecular formula is C22H24N2O2S. The molecule has 0 saturated heterocycles. The maximum Gasteiger partial charge on any atom is 0.251 e. The summed E-state index contributed by atoms with van der Waals surface area (Å²) in [5.41, 5.74) is 2.76. The lowest BCUT2D eigenvalue weighted by Gasteiger charge is -2.07. The minimum Gasteiger partial charge on any atom is -0.494 e. The van der Waals surface area contributed by atoms with Crippen LogP contribution in [0.5, 0.6) is 5.75 Å². The maximum atomic E-state index is 12.3. The standard InChI is InChI=1S/C22H24N2O2S/c1-2-3-15-26-20-11-9-17(10-12-20)21(25)23-14-13-19-16-27-22(24-19)18-7-5-4-6-8-18/h4-12,16H,2-3,13-15H2,1H3,(H,23,25). The van der Waals surface area contributed by atoms with Gasteiger partial charge in [0.2, 0.25) is 0 Å². The summed E-state index contributed by atoms with van der Waals surface area (Å²) in [5, 5.41) is 6.02. The van der Waals surface area contributed by atoms with Gasteiger partial charge in [-0.15, -0.1) is 11.3 Å². The molecule has 0 saturated carbocycles. The average Bonchev–Trinajstić information content (AvgIpc) is 3.18. The summed E-state index contributed by atoms with van der Waals surface area (Å²) in [7, 11) is 0. The molecule has 140 valence electrons. The van der Waals surface area contributed by atoms with Gasteiger partial charge in [0.1, 0.15) is 10.8 Å². The second kappa shape index (κ2) is 9.88. The number of rotatable bonds is 9. The zero-order valence-corrected chi connectivity index (χ0v) is 16.3. The highest BCUT2D eigenvalue weighted by Gasteiger charge is 2.07. The van der Waals surface area contributed by atoms with E-state index in [1.54, 1.807) is 23.5 Å². The van der Waals surface area contributed by atoms with Gasteiger partial charge in [0.05, 0.1) is 12.3 Å². The first-order valence-electron chi connectivity index (χ1n) is 9.27. The molecule has 0 radical (unpaired) electrons. The first-order valence-corrected chi connectivity index (χ1v) is 10.1. The molecule has 1 amide bonds. The van der Waals surface area contributed by atoms with Gasteiger partial charge >= 0.3 is 0 Å². The van der Waals surface area contributed by atoms with Crippen molar-refractivity contribution in [3.05, 3.63) is 71.2 Å². The molecule has 27 heavy (non-hydrogen) atoms. The number of carbonyl (C=O) groups is 1. The van der Waals surface area contributed by atoms with Crippen LogP contribution < -0.4 is 10.1 Å². The predicted octanol–water partition coefficient (Wildman–Crippen LogP) is 4.96. The molecule has 4 nitrogen and oxygen atoms in total. The van der Waals surface area contributed by atoms with Crippen LogP contribution in [0.15, 0.2) is 60.0 Å². The predicted molar refractivity (Wildman–Crippen MR) is 110 cm³/mol. The van der Waals surface area contributed by atoms with E-state index < -0.39 is 0 Å². The molecule has 0 unspecified atom stereocenters. The average molecular weight is 381 g/mol. The third-order valence-corrected chi connectivity index (χ3v) is 5.06. The zero-order chi connectivity index (χ0) is 18.9. The number of benzene rings is 2. The van der Waals surface area contributed by atoms with E-state index in [4.69, 9.17) is 4.74 Å². The number of unbranched alkanes of at least 4 members (excludes halogenated alkanes) is 1. The van der Waals surface area contributed by atoms with Crippen molar-refractivity contribution < 1.29 is 9.53 Å². The van der Waals surface area contributed by atoms with Crippen LogP contribution in [-0.2, 0) is 6.42 Å². The highest BCUT2D eigenvalue weighted by atomic mass is 32.1. The minimum atomic E-state index is -0.0754. The Morgan fingerprint density at radius 1 is 1.11 bits per heavy atom. The molecule has 0 aliphatic carbocycles. The SMILES string of the molecule is CCCCOc1ccc(C(=O)NCCc2csc(-c3ccccc3)n2)cc1. The van der Waals surface area contributed by atoms with Gasteiger partial charge in [0, 0.05) is 29.5 Å². The highest BCUT2D eigenvalue weighted by molar-refractivity contribution is 7.13. The molecule has 0 aliphatic rings. The second-order valence-electron chi connectivity index (χ2n) is 6.24. The Labute approximate surface area is 164 Å². The van der Waals surface area contributed by atoms with Crippen LogP contribution in [0, 0.1) is 0 Å². The lowest BCUT2D eigenvalue weighted by Crippen LogP contribution is -2.25. The number of carbonyl (C=O) groups excluding carboxylic acids is 1. The Morgan fingerprint density at radius 2 is 1.89 bits per heavy atom. The van der Waals surface area contributed by atoms with Crippen molar-refractivity contribution >= 4 is 17.2 Å². The third kappa shape index (κ3) is 5.66. The molecule has 0 aliphatic heterocycles. The van der Waals surface area contributed by atoms with Crippen molar-refractivity contribution in [3.63, 3.8) is 0 Å². The van der Waals surface area contributed by atoms with Crippen LogP contribution in [0.4, 0.5) is 0 Å². The van der Waals surface area contributed by atoms with Crippen molar-refractivity contribution in [2.45, 2.75) is 26.2 Å². The number of hydrogen-bond acceptors (Lipinski definition) is 4. The van der Waals surface area contributed by atoms with Gasteiger partial charge in [-0.2, -0.15) is 0 Å². The van der Waals surface area contributed by atoms with Crippen LogP contribution in [0.2, 0.25) is 0 Å². The van der Waals surface area contributed by atoms with Gasteiger partial charge in [-0.25, -0.2) is 4.98 Å². The number of amides is 1. The van der Waals surface area contributed by atoms with Gasteiger partial charge < -0.3 is 10.1 Å². The van der Waals surface area contributed by atoms with E-state index in [9.17, 15) is 4.79 Å². The molecule has 0 fully saturated rings. The van der Waals surface area contributed by atoms with Crippen LogP contribution in [0.25, 0.3) is 10.6 Å². The molecule has 5 heteroatoms. The van der Waals surface area contributed by atoms with Gasteiger partial charge in [-0.1, -0.05) is 43.7 Å². The normalized spacial score (nSPS) is 10.6. The smallest absolute Gasteiger partial charge is 0.251 e. The Kier molecular flexibility index (Phi) is 6.99. The summed E-state index contributed by atoms with van der Waals surface area (Å²) < 4.78 is 5.62. The summed E-state index contributed by atoms with van der Waals surface area (Å²) in [5.74, 6) is 0.726. The zero-order valence-electron chi connectivity index (χ0n) is 15.5. The molecular weight excluding hydrogens is 356 g/mol. The van der Waals surface area contributed by atoms with Gasteiger partial charge in [-0.05, 0) is 30.7 Å². The van der Waals surface area contributed by atoms with E-state index >= 15 is 0 Å². The molecule has 0 spiro atoms. The van der Waals surface area contributed by atoms with E-state index in [2.05, 4.69) is 34.7 Å². The largest absolute Gasteiger partial charge is 0.494 e. The van der Waals surface area contributed by atoms with Crippen LogP contribution in [-0.4, -0.2) is 24.0 Å². The molecule has 3 aromatic rings. The fourth-order valence-electron chi connectivity index (χ4n) is 2.58. The number of nitrogens with zero attached hydrogens (tertiary/aromatic N) is 1. The molecule has 0 atom stereocenters. The Bertz CT molecular complexity index is 844. The van der Waals surface area contributed by atoms with Crippen LogP contribution >= 0.6 is 11.3 Å². The fourth-order valence-corrected chi connectivity index (χ4v) is 3.44. The van der Waals surface area contributed by atoms with E-state index in [-0.39, 0.29) is 5.91 Å². The van der Waals surface area contributed by atoms with Crippen LogP contribution in [0.1, 0.15) is 35.8 Å². The molecule has 2 aromatic carbocycles. The maximum absolute atomic E-state index is 12.3. The second-order valence-corrected chi connectivity index (χ2v) is 7.10. The molecule has 3 rings (SSSR count). The summed E-state index contributed by atoms with van der Waals surface area (Å²) in [6.07, 6.45) is 2.85. The van der Waals surface area contributed by atoms with Crippen molar-refractivity contribution in [3.8, 4) is 16.3 Å². The number of nitrogens with one attached hydrogen (secondary N) is 1. The Morgan fingerprint density at radius 3 is 2.63 bits per heavy atom. The lowest BCUT2D eigenvalue weighted by atomic mass is 10.2. The summed E-state index contributed by atoms with van der Waals surface area (Å²) in [4.78, 5) is 16.9. The third-order valence-electron chi connectivity index (χ3n) is 4.12. The van der Waals surface area contributed by atoms with Gasteiger partial charge in [-0.3, -0.25) is 4.79 Å². The lowest BCUT2D eigenvalue weighted by molar-refractivity contribution is 0.0954. The summed E-state index contributed by atoms with van der Waals surface area (Å²) >= 11 is 1.63. The molecule has 1 heterocycles. The van der Waals surface area contributed by atoms with Crippen molar-refractivity contribution in [2.75, 3.05) is 13.2 Å². The molecule has 1 N–H and O–H groups in total. The van der Waals surface area contributed by atoms with Gasteiger partial charge in [0.15, 0.2) is 0 Å². The monoisotopic (exact) mass is 380 g/mol. The van der Waals surface area contributed by atoms with Crippen LogP contribution in [0.3, 0.4) is 0 Å². The van der Waals surface area contributed by atoms with Gasteiger partial charge in [0.25, 0.3) is 5.91 Å². The van der Waals surface area contributed by atoms with E-state index in [0.717, 1.165) is 34.9 Å². The number of aromatic nitrogens is 1. The number of ether oxygens (including phenoxy) is 1. The van der Waals surface area contributed by atoms with Crippen molar-refractivity contribution in [2.24, 2.45) is 0 Å². The van der Waals surface area contributed by atoms with Crippen molar-refractivity contribution in [1.82, 2.24) is 10.3 Å². The fraction of sp³-hybridized carbons (Fsp3) is 0.273. The molecule has 1 aromatic heterocycles. The number of hydrogen-bond donors (Lipinski definition) is 1. The summed E-state index contributed by atoms with van der Waals surface area (Å²) in [6.45, 7) is 3.40. The quantitative estimate of drug-likeness (QED) is 0.534. The molecule has 0 bridgehead atoms. The first-order chi connectivity index (χ1) is 13.3. The van der Waals surface area contributed by atoms with E-state index in [0.29, 0.717) is 25.1 Å². The Hall–Kier alpha value is -2.66. The highest BCUT2D eigenvalue weighted by Crippen LogP contribution is 2.23. The summed E-state index contributed by atoms with van der Waals surface area (Å²) in [6, 6.07) is 17.4. The van der Waals surface area contributed by atoms with E-state index in [1.165, 1.54) is 0 Å². The first kappa shape index (κ1) is 19.1. The Balaban J connectivity index is 1.46. The minimum absolute atomic E-state index is 0.0754. The topological polar surface area (TPSA) is 51.2 Å². The van der Waals surface area contributed by atoms with E-state index in [1.807, 2.05) is 30.3 Å². The number of thiazole rings is 1. The van der Waals surface area contributed by atoms with Crippen molar-refractivity contribution in [1.29, 1.82) is 0 Å².